The SMILES string of the molecule is CC(=O)c1ccc(Nc2ccc(NC(=O)COc3ccccc3)nn2)cc1. The molecular weight excluding hydrogens is 344 g/mol. The average Bonchev–Trinajstić information content (AvgIpc) is 2.69. The minimum Gasteiger partial charge on any atom is -0.484 e. The molecule has 0 saturated carbocycles. The summed E-state index contributed by atoms with van der Waals surface area (Å²) in [5.41, 5.74) is 1.42. The third-order valence-electron chi connectivity index (χ3n) is 3.61. The third-order valence-corrected chi connectivity index (χ3v) is 3.61. The number of nitrogens with one attached hydrogen (secondary N) is 2. The van der Waals surface area contributed by atoms with Crippen LogP contribution < -0.4 is 15.4 Å². The smallest absolute Gasteiger partial charge is 0.263 e. The van der Waals surface area contributed by atoms with Gasteiger partial charge in [-0.15, -0.1) is 10.2 Å². The maximum atomic E-state index is 11.9. The van der Waals surface area contributed by atoms with Crippen LogP contribution in [-0.4, -0.2) is 28.5 Å². The molecule has 0 aliphatic carbocycles. The fraction of sp³-hybridized carbons (Fsp3) is 0.100. The summed E-state index contributed by atoms with van der Waals surface area (Å²) in [4.78, 5) is 23.2. The molecule has 2 N–H and O–H groups in total. The molecule has 0 aliphatic rings. The van der Waals surface area contributed by atoms with E-state index in [-0.39, 0.29) is 18.3 Å². The molecule has 0 aliphatic heterocycles. The molecule has 0 spiro atoms. The van der Waals surface area contributed by atoms with E-state index in [2.05, 4.69) is 20.8 Å². The highest BCUT2D eigenvalue weighted by Gasteiger charge is 2.06. The van der Waals surface area contributed by atoms with Crippen molar-refractivity contribution in [3.8, 4) is 5.75 Å². The van der Waals surface area contributed by atoms with Gasteiger partial charge in [0.05, 0.1) is 0 Å². The van der Waals surface area contributed by atoms with Gasteiger partial charge in [0, 0.05) is 11.3 Å². The van der Waals surface area contributed by atoms with Gasteiger partial charge in [0.25, 0.3) is 5.91 Å². The molecular formula is C20H18N4O3. The van der Waals surface area contributed by atoms with Crippen LogP contribution >= 0.6 is 0 Å². The van der Waals surface area contributed by atoms with E-state index >= 15 is 0 Å². The minimum atomic E-state index is -0.325. The van der Waals surface area contributed by atoms with Crippen molar-refractivity contribution < 1.29 is 14.3 Å². The lowest BCUT2D eigenvalue weighted by atomic mass is 10.1. The molecule has 2 aromatic carbocycles. The lowest BCUT2D eigenvalue weighted by Crippen LogP contribution is -2.21. The van der Waals surface area contributed by atoms with Crippen molar-refractivity contribution in [2.45, 2.75) is 6.92 Å². The maximum Gasteiger partial charge on any atom is 0.263 e. The van der Waals surface area contributed by atoms with Gasteiger partial charge in [-0.3, -0.25) is 9.59 Å². The first-order valence-corrected chi connectivity index (χ1v) is 8.29. The molecule has 1 amide bonds. The van der Waals surface area contributed by atoms with Gasteiger partial charge < -0.3 is 15.4 Å². The number of ketones is 1. The van der Waals surface area contributed by atoms with Gasteiger partial charge in [0.2, 0.25) is 0 Å². The highest BCUT2D eigenvalue weighted by molar-refractivity contribution is 5.94. The van der Waals surface area contributed by atoms with Crippen molar-refractivity contribution in [1.29, 1.82) is 0 Å². The fourth-order valence-electron chi connectivity index (χ4n) is 2.25. The monoisotopic (exact) mass is 362 g/mol. The first-order valence-electron chi connectivity index (χ1n) is 8.29. The highest BCUT2D eigenvalue weighted by Crippen LogP contribution is 2.16. The predicted octanol–water partition coefficient (Wildman–Crippen LogP) is 3.44. The zero-order valence-corrected chi connectivity index (χ0v) is 14.7. The van der Waals surface area contributed by atoms with Crippen LogP contribution in [0.5, 0.6) is 5.75 Å². The standard InChI is InChI=1S/C20H18N4O3/c1-14(25)15-7-9-16(10-8-15)21-18-11-12-19(24-23-18)22-20(26)13-27-17-5-3-2-4-6-17/h2-12H,13H2,1H3,(H,21,23)(H,22,24,26). The number of ether oxygens (including phenoxy) is 1. The second-order valence-corrected chi connectivity index (χ2v) is 5.71. The van der Waals surface area contributed by atoms with Crippen molar-refractivity contribution in [1.82, 2.24) is 10.2 Å². The van der Waals surface area contributed by atoms with Crippen molar-refractivity contribution in [3.63, 3.8) is 0 Å². The lowest BCUT2D eigenvalue weighted by Gasteiger charge is -2.08. The normalized spacial score (nSPS) is 10.1. The van der Waals surface area contributed by atoms with Crippen molar-refractivity contribution in [2.24, 2.45) is 0 Å². The zero-order chi connectivity index (χ0) is 19.1. The molecule has 0 atom stereocenters. The van der Waals surface area contributed by atoms with Crippen molar-refractivity contribution in [2.75, 3.05) is 17.2 Å². The van der Waals surface area contributed by atoms with Gasteiger partial charge in [0.1, 0.15) is 5.75 Å². The van der Waals surface area contributed by atoms with Crippen molar-refractivity contribution in [3.05, 3.63) is 72.3 Å². The molecule has 1 heterocycles. The Kier molecular flexibility index (Phi) is 5.73. The van der Waals surface area contributed by atoms with E-state index in [4.69, 9.17) is 4.74 Å². The van der Waals surface area contributed by atoms with Crippen molar-refractivity contribution >= 4 is 29.0 Å². The summed E-state index contributed by atoms with van der Waals surface area (Å²) in [5, 5.41) is 13.7. The second-order valence-electron chi connectivity index (χ2n) is 5.71. The average molecular weight is 362 g/mol. The number of amides is 1. The molecule has 1 aromatic heterocycles. The quantitative estimate of drug-likeness (QED) is 0.626. The number of Topliss-reactive ketones (excluding diaryl/α,β-unsaturated/α-hetero) is 1. The third kappa shape index (κ3) is 5.37. The van der Waals surface area contributed by atoms with E-state index in [9.17, 15) is 9.59 Å². The summed E-state index contributed by atoms with van der Waals surface area (Å²) < 4.78 is 5.37. The molecule has 27 heavy (non-hydrogen) atoms. The highest BCUT2D eigenvalue weighted by atomic mass is 16.5. The van der Waals surface area contributed by atoms with Crippen LogP contribution in [-0.2, 0) is 4.79 Å². The zero-order valence-electron chi connectivity index (χ0n) is 14.7. The van der Waals surface area contributed by atoms with Gasteiger partial charge in [-0.2, -0.15) is 0 Å². The number of benzene rings is 2. The van der Waals surface area contributed by atoms with Crippen LogP contribution in [0, 0.1) is 0 Å². The predicted molar refractivity (Wildman–Crippen MR) is 102 cm³/mol. The van der Waals surface area contributed by atoms with E-state index in [1.807, 2.05) is 18.2 Å². The van der Waals surface area contributed by atoms with Gasteiger partial charge in [-0.05, 0) is 55.5 Å². The van der Waals surface area contributed by atoms with Crippen LogP contribution in [0.25, 0.3) is 0 Å². The molecule has 0 bridgehead atoms. The summed E-state index contributed by atoms with van der Waals surface area (Å²) in [6, 6.07) is 19.5. The van der Waals surface area contributed by atoms with Gasteiger partial charge in [0.15, 0.2) is 24.0 Å². The van der Waals surface area contributed by atoms with Crippen LogP contribution in [0.2, 0.25) is 0 Å². The summed E-state index contributed by atoms with van der Waals surface area (Å²) in [6.07, 6.45) is 0. The molecule has 7 nitrogen and oxygen atoms in total. The van der Waals surface area contributed by atoms with Crippen LogP contribution in [0.1, 0.15) is 17.3 Å². The number of hydrogen-bond acceptors (Lipinski definition) is 6. The number of carbonyl (C=O) groups is 2. The molecule has 3 rings (SSSR count). The molecule has 3 aromatic rings. The number of nitrogens with zero attached hydrogens (tertiary/aromatic N) is 2. The number of rotatable bonds is 7. The lowest BCUT2D eigenvalue weighted by molar-refractivity contribution is -0.118. The Morgan fingerprint density at radius 1 is 0.889 bits per heavy atom. The van der Waals surface area contributed by atoms with Crippen LogP contribution in [0.15, 0.2) is 66.7 Å². The Morgan fingerprint density at radius 2 is 1.56 bits per heavy atom. The van der Waals surface area contributed by atoms with E-state index < -0.39 is 0 Å². The van der Waals surface area contributed by atoms with Crippen LogP contribution in [0.3, 0.4) is 0 Å². The van der Waals surface area contributed by atoms with E-state index in [1.165, 1.54) is 6.92 Å². The van der Waals surface area contributed by atoms with E-state index in [0.717, 1.165) is 5.69 Å². The largest absolute Gasteiger partial charge is 0.484 e. The number of anilines is 3. The number of hydrogen-bond donors (Lipinski definition) is 2. The summed E-state index contributed by atoms with van der Waals surface area (Å²) >= 11 is 0. The molecule has 7 heteroatoms. The number of aromatic nitrogens is 2. The van der Waals surface area contributed by atoms with Crippen LogP contribution in [0.4, 0.5) is 17.3 Å². The first-order chi connectivity index (χ1) is 13.1. The molecule has 0 saturated heterocycles. The molecule has 0 unspecified atom stereocenters. The summed E-state index contributed by atoms with van der Waals surface area (Å²) in [6.45, 7) is 1.40. The van der Waals surface area contributed by atoms with E-state index in [0.29, 0.717) is 22.9 Å². The fourth-order valence-corrected chi connectivity index (χ4v) is 2.25. The maximum absolute atomic E-state index is 11.9. The minimum absolute atomic E-state index is 0.0117. The van der Waals surface area contributed by atoms with Gasteiger partial charge in [-0.25, -0.2) is 0 Å². The van der Waals surface area contributed by atoms with Gasteiger partial charge >= 0.3 is 0 Å². The van der Waals surface area contributed by atoms with E-state index in [1.54, 1.807) is 48.5 Å². The summed E-state index contributed by atoms with van der Waals surface area (Å²) in [7, 11) is 0. The molecule has 0 fully saturated rings. The van der Waals surface area contributed by atoms with Gasteiger partial charge in [-0.1, -0.05) is 18.2 Å². The topological polar surface area (TPSA) is 93.2 Å². The Labute approximate surface area is 156 Å². The Hall–Kier alpha value is -3.74. The second kappa shape index (κ2) is 8.57. The number of carbonyl (C=O) groups excluding carboxylic acids is 2. The Balaban J connectivity index is 1.52. The summed E-state index contributed by atoms with van der Waals surface area (Å²) in [5.74, 6) is 1.15. The molecule has 0 radical (unpaired) electrons. The molecule has 136 valence electrons. The first kappa shape index (κ1) is 18.1. The Bertz CT molecular complexity index is 910. The number of para-hydroxylation sites is 1. The Morgan fingerprint density at radius 3 is 2.19 bits per heavy atom.